The smallest absolute Gasteiger partial charge is 0.257 e. The van der Waals surface area contributed by atoms with Crippen LogP contribution in [0.1, 0.15) is 21.7 Å². The highest BCUT2D eigenvalue weighted by Crippen LogP contribution is 2.20. The largest absolute Gasteiger partial charge is 0.359 e. The van der Waals surface area contributed by atoms with E-state index in [1.165, 1.54) is 0 Å². The van der Waals surface area contributed by atoms with Gasteiger partial charge in [0.2, 0.25) is 0 Å². The fourth-order valence-electron chi connectivity index (χ4n) is 2.16. The Bertz CT molecular complexity index is 772. The third-order valence-corrected chi connectivity index (χ3v) is 3.19. The molecule has 0 saturated heterocycles. The number of aromatic amines is 1. The molecule has 2 heterocycles. The monoisotopic (exact) mass is 265 g/mol. The highest BCUT2D eigenvalue weighted by molar-refractivity contribution is 6.04. The predicted molar refractivity (Wildman–Crippen MR) is 80.0 cm³/mol. The molecule has 0 saturated carbocycles. The second-order valence-corrected chi connectivity index (χ2v) is 4.90. The summed E-state index contributed by atoms with van der Waals surface area (Å²) in [6.45, 7) is 3.90. The van der Waals surface area contributed by atoms with E-state index >= 15 is 0 Å². The number of carbonyl (C=O) groups is 1. The van der Waals surface area contributed by atoms with Gasteiger partial charge in [-0.05, 0) is 50.2 Å². The lowest BCUT2D eigenvalue weighted by Crippen LogP contribution is -2.12. The van der Waals surface area contributed by atoms with Crippen molar-refractivity contribution in [1.29, 1.82) is 0 Å². The summed E-state index contributed by atoms with van der Waals surface area (Å²) < 4.78 is 0. The minimum absolute atomic E-state index is 0.149. The lowest BCUT2D eigenvalue weighted by atomic mass is 10.2. The van der Waals surface area contributed by atoms with Gasteiger partial charge in [0, 0.05) is 34.2 Å². The Morgan fingerprint density at radius 1 is 1.15 bits per heavy atom. The highest BCUT2D eigenvalue weighted by atomic mass is 16.1. The van der Waals surface area contributed by atoms with Crippen molar-refractivity contribution in [3.05, 3.63) is 59.5 Å². The third-order valence-electron chi connectivity index (χ3n) is 3.19. The number of hydrogen-bond acceptors (Lipinski definition) is 2. The summed E-state index contributed by atoms with van der Waals surface area (Å²) in [4.78, 5) is 19.5. The Kier molecular flexibility index (Phi) is 2.99. The van der Waals surface area contributed by atoms with Crippen molar-refractivity contribution in [2.45, 2.75) is 13.8 Å². The van der Waals surface area contributed by atoms with Crippen molar-refractivity contribution in [1.82, 2.24) is 9.97 Å². The van der Waals surface area contributed by atoms with Gasteiger partial charge in [0.15, 0.2) is 0 Å². The number of amides is 1. The summed E-state index contributed by atoms with van der Waals surface area (Å²) in [5, 5.41) is 3.97. The van der Waals surface area contributed by atoms with Crippen LogP contribution in [-0.2, 0) is 0 Å². The van der Waals surface area contributed by atoms with Gasteiger partial charge in [-0.25, -0.2) is 0 Å². The van der Waals surface area contributed by atoms with Gasteiger partial charge in [-0.1, -0.05) is 0 Å². The average molecular weight is 265 g/mol. The number of nitrogens with zero attached hydrogens (tertiary/aromatic N) is 1. The molecule has 0 radical (unpaired) electrons. The first-order valence-corrected chi connectivity index (χ1v) is 6.45. The number of nitrogens with one attached hydrogen (secondary N) is 2. The second kappa shape index (κ2) is 4.81. The number of aromatic nitrogens is 2. The molecule has 100 valence electrons. The Morgan fingerprint density at radius 2 is 2.00 bits per heavy atom. The Balaban J connectivity index is 1.84. The highest BCUT2D eigenvalue weighted by Gasteiger charge is 2.07. The summed E-state index contributed by atoms with van der Waals surface area (Å²) in [5.41, 5.74) is 4.40. The molecule has 0 aliphatic rings. The molecule has 0 aliphatic heterocycles. The number of pyridine rings is 1. The zero-order chi connectivity index (χ0) is 14.1. The van der Waals surface area contributed by atoms with E-state index in [9.17, 15) is 4.79 Å². The zero-order valence-electron chi connectivity index (χ0n) is 11.4. The number of aryl methyl sites for hydroxylation is 2. The van der Waals surface area contributed by atoms with Crippen LogP contribution in [0.5, 0.6) is 0 Å². The van der Waals surface area contributed by atoms with Gasteiger partial charge in [0.25, 0.3) is 5.91 Å². The molecule has 1 aromatic carbocycles. The van der Waals surface area contributed by atoms with Crippen LogP contribution in [0.25, 0.3) is 10.9 Å². The number of rotatable bonds is 2. The molecule has 3 rings (SSSR count). The molecule has 0 aliphatic carbocycles. The van der Waals surface area contributed by atoms with Crippen molar-refractivity contribution in [2.24, 2.45) is 0 Å². The Hall–Kier alpha value is -2.62. The van der Waals surface area contributed by atoms with Crippen LogP contribution < -0.4 is 5.32 Å². The molecule has 2 aromatic heterocycles. The Morgan fingerprint density at radius 3 is 2.75 bits per heavy atom. The van der Waals surface area contributed by atoms with Crippen LogP contribution in [0.2, 0.25) is 0 Å². The van der Waals surface area contributed by atoms with Crippen LogP contribution in [0, 0.1) is 13.8 Å². The topological polar surface area (TPSA) is 57.8 Å². The molecule has 3 aromatic rings. The van der Waals surface area contributed by atoms with Crippen LogP contribution in [0.15, 0.2) is 42.6 Å². The van der Waals surface area contributed by atoms with Gasteiger partial charge in [0.05, 0.1) is 5.56 Å². The van der Waals surface area contributed by atoms with E-state index in [1.54, 1.807) is 12.3 Å². The second-order valence-electron chi connectivity index (χ2n) is 4.90. The molecule has 1 amide bonds. The fourth-order valence-corrected chi connectivity index (χ4v) is 2.16. The van der Waals surface area contributed by atoms with Crippen LogP contribution in [-0.4, -0.2) is 15.9 Å². The number of H-pyrrole nitrogens is 1. The molecule has 4 heteroatoms. The molecular weight excluding hydrogens is 250 g/mol. The summed E-state index contributed by atoms with van der Waals surface area (Å²) >= 11 is 0. The molecule has 4 nitrogen and oxygen atoms in total. The SMILES string of the molecule is Cc1ccc(C(=O)Nc2ccc3[nH]c(C)cc3c2)cn1. The first-order chi connectivity index (χ1) is 9.61. The number of carbonyl (C=O) groups excluding carboxylic acids is 1. The summed E-state index contributed by atoms with van der Waals surface area (Å²) in [7, 11) is 0. The number of fused-ring (bicyclic) bond motifs is 1. The molecule has 20 heavy (non-hydrogen) atoms. The van der Waals surface area contributed by atoms with Crippen molar-refractivity contribution in [2.75, 3.05) is 5.32 Å². The maximum atomic E-state index is 12.1. The quantitative estimate of drug-likeness (QED) is 0.745. The number of hydrogen-bond donors (Lipinski definition) is 2. The van der Waals surface area contributed by atoms with Gasteiger partial charge in [-0.3, -0.25) is 9.78 Å². The summed E-state index contributed by atoms with van der Waals surface area (Å²) in [5.74, 6) is -0.149. The molecule has 0 spiro atoms. The van der Waals surface area contributed by atoms with Crippen LogP contribution in [0.3, 0.4) is 0 Å². The van der Waals surface area contributed by atoms with Crippen molar-refractivity contribution >= 4 is 22.5 Å². The van der Waals surface area contributed by atoms with Crippen molar-refractivity contribution in [3.8, 4) is 0 Å². The van der Waals surface area contributed by atoms with E-state index in [4.69, 9.17) is 0 Å². The molecular formula is C16H15N3O. The van der Waals surface area contributed by atoms with E-state index in [0.717, 1.165) is 28.0 Å². The van der Waals surface area contributed by atoms with E-state index in [0.29, 0.717) is 5.56 Å². The standard InChI is InChI=1S/C16H15N3O/c1-10-3-4-12(9-17-10)16(20)19-14-5-6-15-13(8-14)7-11(2)18-15/h3-9,18H,1-2H3,(H,19,20). The molecule has 0 fully saturated rings. The van der Waals surface area contributed by atoms with Crippen molar-refractivity contribution in [3.63, 3.8) is 0 Å². The first-order valence-electron chi connectivity index (χ1n) is 6.45. The maximum Gasteiger partial charge on any atom is 0.257 e. The molecule has 0 unspecified atom stereocenters. The minimum atomic E-state index is -0.149. The maximum absolute atomic E-state index is 12.1. The molecule has 0 bridgehead atoms. The fraction of sp³-hybridized carbons (Fsp3) is 0.125. The third kappa shape index (κ3) is 2.40. The van der Waals surface area contributed by atoms with E-state index in [2.05, 4.69) is 21.4 Å². The van der Waals surface area contributed by atoms with E-state index in [1.807, 2.05) is 38.1 Å². The van der Waals surface area contributed by atoms with Gasteiger partial charge >= 0.3 is 0 Å². The predicted octanol–water partition coefficient (Wildman–Crippen LogP) is 3.43. The molecule has 2 N–H and O–H groups in total. The molecule has 0 atom stereocenters. The lowest BCUT2D eigenvalue weighted by Gasteiger charge is -2.05. The zero-order valence-corrected chi connectivity index (χ0v) is 11.4. The van der Waals surface area contributed by atoms with Gasteiger partial charge in [-0.2, -0.15) is 0 Å². The van der Waals surface area contributed by atoms with Crippen LogP contribution in [0.4, 0.5) is 5.69 Å². The average Bonchev–Trinajstić information content (AvgIpc) is 2.78. The van der Waals surface area contributed by atoms with Crippen molar-refractivity contribution < 1.29 is 4.79 Å². The minimum Gasteiger partial charge on any atom is -0.359 e. The van der Waals surface area contributed by atoms with Gasteiger partial charge < -0.3 is 10.3 Å². The normalized spacial score (nSPS) is 10.7. The number of anilines is 1. The Labute approximate surface area is 116 Å². The van der Waals surface area contributed by atoms with E-state index < -0.39 is 0 Å². The first kappa shape index (κ1) is 12.4. The number of benzene rings is 1. The summed E-state index contributed by atoms with van der Waals surface area (Å²) in [6.07, 6.45) is 1.59. The van der Waals surface area contributed by atoms with Gasteiger partial charge in [0.1, 0.15) is 0 Å². The summed E-state index contributed by atoms with van der Waals surface area (Å²) in [6, 6.07) is 11.5. The van der Waals surface area contributed by atoms with Crippen LogP contribution >= 0.6 is 0 Å². The van der Waals surface area contributed by atoms with E-state index in [-0.39, 0.29) is 5.91 Å². The lowest BCUT2D eigenvalue weighted by molar-refractivity contribution is 0.102. The van der Waals surface area contributed by atoms with Gasteiger partial charge in [-0.15, -0.1) is 0 Å².